The smallest absolute Gasteiger partial charge is 0.260 e. The van der Waals surface area contributed by atoms with Crippen molar-refractivity contribution >= 4 is 11.8 Å². The van der Waals surface area contributed by atoms with E-state index in [4.69, 9.17) is 10.5 Å². The van der Waals surface area contributed by atoms with Crippen molar-refractivity contribution in [1.29, 1.82) is 0 Å². The Kier molecular flexibility index (Phi) is 5.34. The van der Waals surface area contributed by atoms with Gasteiger partial charge in [0.1, 0.15) is 5.75 Å². The van der Waals surface area contributed by atoms with E-state index >= 15 is 0 Å². The topological polar surface area (TPSA) is 75.9 Å². The van der Waals surface area contributed by atoms with Crippen LogP contribution >= 0.6 is 0 Å². The molecule has 1 aromatic rings. The van der Waals surface area contributed by atoms with Gasteiger partial charge in [-0.3, -0.25) is 9.59 Å². The molecule has 27 heavy (non-hydrogen) atoms. The molecule has 0 bridgehead atoms. The van der Waals surface area contributed by atoms with E-state index in [0.717, 1.165) is 38.8 Å². The summed E-state index contributed by atoms with van der Waals surface area (Å²) < 4.78 is 5.55. The number of benzene rings is 1. The first-order chi connectivity index (χ1) is 13.1. The molecule has 4 rings (SSSR count). The fourth-order valence-electron chi connectivity index (χ4n) is 4.87. The van der Waals surface area contributed by atoms with Crippen molar-refractivity contribution in [3.8, 4) is 5.75 Å². The van der Waals surface area contributed by atoms with E-state index in [0.29, 0.717) is 30.7 Å². The molecule has 0 aromatic heterocycles. The quantitative estimate of drug-likeness (QED) is 0.870. The fraction of sp³-hybridized carbons (Fsp3) is 0.619. The number of nitrogens with zero attached hydrogens (tertiary/aromatic N) is 2. The molecule has 1 saturated carbocycles. The lowest BCUT2D eigenvalue weighted by Gasteiger charge is -2.33. The molecule has 2 aliphatic heterocycles. The molecule has 2 N–H and O–H groups in total. The summed E-state index contributed by atoms with van der Waals surface area (Å²) in [6.45, 7) is 3.02. The normalized spacial score (nSPS) is 28.3. The second kappa shape index (κ2) is 7.89. The molecule has 0 radical (unpaired) electrons. The summed E-state index contributed by atoms with van der Waals surface area (Å²) in [7, 11) is 0. The highest BCUT2D eigenvalue weighted by atomic mass is 16.5. The lowest BCUT2D eigenvalue weighted by atomic mass is 9.95. The Morgan fingerprint density at radius 1 is 1.00 bits per heavy atom. The number of nitrogens with two attached hydrogens (primary N) is 1. The van der Waals surface area contributed by atoms with E-state index in [1.54, 1.807) is 0 Å². The molecule has 3 aliphatic rings. The van der Waals surface area contributed by atoms with Crippen molar-refractivity contribution in [2.24, 2.45) is 23.5 Å². The molecule has 2 saturated heterocycles. The van der Waals surface area contributed by atoms with Gasteiger partial charge in [0.2, 0.25) is 5.91 Å². The Hall–Kier alpha value is -2.08. The summed E-state index contributed by atoms with van der Waals surface area (Å²) in [6, 6.07) is 9.63. The molecule has 2 amide bonds. The van der Waals surface area contributed by atoms with Gasteiger partial charge >= 0.3 is 0 Å². The van der Waals surface area contributed by atoms with Crippen molar-refractivity contribution in [3.63, 3.8) is 0 Å². The number of para-hydroxylation sites is 1. The van der Waals surface area contributed by atoms with E-state index in [1.807, 2.05) is 40.1 Å². The number of hydrogen-bond acceptors (Lipinski definition) is 4. The van der Waals surface area contributed by atoms with E-state index < -0.39 is 0 Å². The molecule has 1 aromatic carbocycles. The lowest BCUT2D eigenvalue weighted by molar-refractivity contribution is -0.141. The van der Waals surface area contributed by atoms with E-state index in [-0.39, 0.29) is 30.4 Å². The van der Waals surface area contributed by atoms with Gasteiger partial charge in [0.25, 0.3) is 5.91 Å². The number of amides is 2. The van der Waals surface area contributed by atoms with Crippen LogP contribution in [-0.4, -0.2) is 60.4 Å². The standard InChI is InChI=1S/C21H29N3O3/c22-19-7-6-16-12-24(13-18(16)19)21(26)15-8-10-23(11-9-15)20(25)14-27-17-4-2-1-3-5-17/h1-5,15-16,18-19H,6-14,22H2. The van der Waals surface area contributed by atoms with Gasteiger partial charge in [0.05, 0.1) is 0 Å². The Labute approximate surface area is 160 Å². The van der Waals surface area contributed by atoms with Crippen LogP contribution in [-0.2, 0) is 9.59 Å². The van der Waals surface area contributed by atoms with E-state index in [1.165, 1.54) is 0 Å². The van der Waals surface area contributed by atoms with Crippen LogP contribution in [0, 0.1) is 17.8 Å². The van der Waals surface area contributed by atoms with Gasteiger partial charge in [-0.2, -0.15) is 0 Å². The molecule has 1 aliphatic carbocycles. The summed E-state index contributed by atoms with van der Waals surface area (Å²) >= 11 is 0. The molecule has 3 atom stereocenters. The number of carbonyl (C=O) groups excluding carboxylic acids is 2. The van der Waals surface area contributed by atoms with Crippen LogP contribution in [0.3, 0.4) is 0 Å². The number of likely N-dealkylation sites (tertiary alicyclic amines) is 2. The Bertz CT molecular complexity index is 673. The molecule has 2 heterocycles. The molecule has 146 valence electrons. The molecule has 3 fully saturated rings. The van der Waals surface area contributed by atoms with Gasteiger partial charge in [-0.15, -0.1) is 0 Å². The molecule has 3 unspecified atom stereocenters. The lowest BCUT2D eigenvalue weighted by Crippen LogP contribution is -2.45. The second-order valence-corrected chi connectivity index (χ2v) is 8.17. The number of piperidine rings is 1. The van der Waals surface area contributed by atoms with Gasteiger partial charge in [-0.25, -0.2) is 0 Å². The predicted molar refractivity (Wildman–Crippen MR) is 102 cm³/mol. The Balaban J connectivity index is 1.23. The van der Waals surface area contributed by atoms with Crippen molar-refractivity contribution in [3.05, 3.63) is 30.3 Å². The minimum Gasteiger partial charge on any atom is -0.484 e. The molecular weight excluding hydrogens is 342 g/mol. The van der Waals surface area contributed by atoms with Crippen LogP contribution in [0.4, 0.5) is 0 Å². The van der Waals surface area contributed by atoms with Crippen LogP contribution in [0.1, 0.15) is 25.7 Å². The highest BCUT2D eigenvalue weighted by molar-refractivity contribution is 5.81. The van der Waals surface area contributed by atoms with Gasteiger partial charge in [0, 0.05) is 38.1 Å². The van der Waals surface area contributed by atoms with Gasteiger partial charge in [0.15, 0.2) is 6.61 Å². The summed E-state index contributed by atoms with van der Waals surface area (Å²) in [6.07, 6.45) is 3.74. The maximum absolute atomic E-state index is 12.9. The van der Waals surface area contributed by atoms with Gasteiger partial charge < -0.3 is 20.3 Å². The fourth-order valence-corrected chi connectivity index (χ4v) is 4.87. The average Bonchev–Trinajstić information content (AvgIpc) is 3.29. The predicted octanol–water partition coefficient (Wildman–Crippen LogP) is 1.50. The maximum atomic E-state index is 12.9. The highest BCUT2D eigenvalue weighted by Gasteiger charge is 2.43. The average molecular weight is 371 g/mol. The van der Waals surface area contributed by atoms with E-state index in [2.05, 4.69) is 0 Å². The first-order valence-electron chi connectivity index (χ1n) is 10.1. The molecule has 6 nitrogen and oxygen atoms in total. The minimum absolute atomic E-state index is 0.00794. The van der Waals surface area contributed by atoms with Crippen LogP contribution in [0.25, 0.3) is 0 Å². The first kappa shape index (κ1) is 18.3. The monoisotopic (exact) mass is 371 g/mol. The van der Waals surface area contributed by atoms with Gasteiger partial charge in [-0.1, -0.05) is 18.2 Å². The summed E-state index contributed by atoms with van der Waals surface area (Å²) in [5.74, 6) is 2.09. The van der Waals surface area contributed by atoms with Crippen LogP contribution < -0.4 is 10.5 Å². The zero-order valence-corrected chi connectivity index (χ0v) is 15.8. The molecular formula is C21H29N3O3. The number of fused-ring (bicyclic) bond motifs is 1. The minimum atomic E-state index is -0.00794. The Morgan fingerprint density at radius 2 is 1.74 bits per heavy atom. The first-order valence-corrected chi connectivity index (χ1v) is 10.1. The van der Waals surface area contributed by atoms with Crippen LogP contribution in [0.15, 0.2) is 30.3 Å². The maximum Gasteiger partial charge on any atom is 0.260 e. The van der Waals surface area contributed by atoms with Crippen molar-refractivity contribution in [2.75, 3.05) is 32.8 Å². The van der Waals surface area contributed by atoms with Crippen LogP contribution in [0.5, 0.6) is 5.75 Å². The van der Waals surface area contributed by atoms with Gasteiger partial charge in [-0.05, 0) is 49.7 Å². The third-order valence-corrected chi connectivity index (χ3v) is 6.53. The Morgan fingerprint density at radius 3 is 2.44 bits per heavy atom. The SMILES string of the molecule is NC1CCC2CN(C(=O)C3CCN(C(=O)COc4ccccc4)CC3)CC12. The largest absolute Gasteiger partial charge is 0.484 e. The summed E-state index contributed by atoms with van der Waals surface area (Å²) in [5.41, 5.74) is 6.19. The third-order valence-electron chi connectivity index (χ3n) is 6.53. The van der Waals surface area contributed by atoms with Crippen molar-refractivity contribution < 1.29 is 14.3 Å². The van der Waals surface area contributed by atoms with E-state index in [9.17, 15) is 9.59 Å². The van der Waals surface area contributed by atoms with Crippen molar-refractivity contribution in [1.82, 2.24) is 9.80 Å². The molecule has 6 heteroatoms. The number of carbonyl (C=O) groups is 2. The second-order valence-electron chi connectivity index (χ2n) is 8.17. The third kappa shape index (κ3) is 3.95. The number of hydrogen-bond donors (Lipinski definition) is 1. The highest BCUT2D eigenvalue weighted by Crippen LogP contribution is 2.38. The number of rotatable bonds is 4. The van der Waals surface area contributed by atoms with Crippen molar-refractivity contribution in [2.45, 2.75) is 31.7 Å². The van der Waals surface area contributed by atoms with Crippen LogP contribution in [0.2, 0.25) is 0 Å². The zero-order valence-electron chi connectivity index (χ0n) is 15.8. The summed E-state index contributed by atoms with van der Waals surface area (Å²) in [4.78, 5) is 29.1. The molecule has 0 spiro atoms. The summed E-state index contributed by atoms with van der Waals surface area (Å²) in [5, 5.41) is 0. The number of ether oxygens (including phenoxy) is 1. The zero-order chi connectivity index (χ0) is 18.8.